The molecule has 0 aromatic heterocycles. The molecule has 0 spiro atoms. The smallest absolute Gasteiger partial charge is 0.176 e. The Hall–Kier alpha value is -0.800. The Bertz CT molecular complexity index is 350. The lowest BCUT2D eigenvalue weighted by Gasteiger charge is -2.05. The van der Waals surface area contributed by atoms with Gasteiger partial charge in [-0.2, -0.15) is 12.6 Å². The van der Waals surface area contributed by atoms with Gasteiger partial charge in [-0.15, -0.1) is 0 Å². The average molecular weight is 231 g/mol. The fourth-order valence-electron chi connectivity index (χ4n) is 1.03. The number of ether oxygens (including phenoxy) is 1. The molecule has 0 heterocycles. The second-order valence-corrected chi connectivity index (χ2v) is 3.41. The number of benzene rings is 1. The standard InChI is InChI=1S/C10H11ClO2S/c1-13-9-6-7(3-2-4-14)5-8(11)10(9)12/h2-3,5-6,12,14H,4H2,1H3. The van der Waals surface area contributed by atoms with Crippen molar-refractivity contribution >= 4 is 30.3 Å². The minimum atomic E-state index is -0.0304. The van der Waals surface area contributed by atoms with Crippen molar-refractivity contribution in [3.05, 3.63) is 28.8 Å². The van der Waals surface area contributed by atoms with Crippen LogP contribution in [0.1, 0.15) is 5.56 Å². The van der Waals surface area contributed by atoms with E-state index in [1.165, 1.54) is 7.11 Å². The summed E-state index contributed by atoms with van der Waals surface area (Å²) in [6.07, 6.45) is 3.74. The molecule has 2 nitrogen and oxygen atoms in total. The molecule has 0 unspecified atom stereocenters. The van der Waals surface area contributed by atoms with Crippen LogP contribution in [-0.2, 0) is 0 Å². The van der Waals surface area contributed by atoms with Gasteiger partial charge in [0.1, 0.15) is 0 Å². The normalized spacial score (nSPS) is 10.8. The molecule has 0 aliphatic heterocycles. The SMILES string of the molecule is COc1cc(C=CCS)cc(Cl)c1O. The van der Waals surface area contributed by atoms with Crippen LogP contribution in [0.3, 0.4) is 0 Å². The fraction of sp³-hybridized carbons (Fsp3) is 0.200. The Labute approximate surface area is 93.6 Å². The molecule has 1 N–H and O–H groups in total. The fourth-order valence-corrected chi connectivity index (χ4v) is 1.36. The summed E-state index contributed by atoms with van der Waals surface area (Å²) in [4.78, 5) is 0. The van der Waals surface area contributed by atoms with E-state index >= 15 is 0 Å². The van der Waals surface area contributed by atoms with Crippen molar-refractivity contribution < 1.29 is 9.84 Å². The van der Waals surface area contributed by atoms with Crippen LogP contribution in [0.25, 0.3) is 6.08 Å². The molecule has 0 bridgehead atoms. The van der Waals surface area contributed by atoms with E-state index in [0.717, 1.165) is 5.56 Å². The Morgan fingerprint density at radius 3 is 2.86 bits per heavy atom. The average Bonchev–Trinajstić information content (AvgIpc) is 2.19. The van der Waals surface area contributed by atoms with E-state index < -0.39 is 0 Å². The highest BCUT2D eigenvalue weighted by atomic mass is 35.5. The van der Waals surface area contributed by atoms with Gasteiger partial charge in [0.05, 0.1) is 12.1 Å². The largest absolute Gasteiger partial charge is 0.503 e. The van der Waals surface area contributed by atoms with Crippen molar-refractivity contribution in [2.45, 2.75) is 0 Å². The van der Waals surface area contributed by atoms with Gasteiger partial charge in [0.15, 0.2) is 11.5 Å². The van der Waals surface area contributed by atoms with E-state index in [0.29, 0.717) is 11.5 Å². The maximum Gasteiger partial charge on any atom is 0.176 e. The third kappa shape index (κ3) is 2.59. The van der Waals surface area contributed by atoms with E-state index in [9.17, 15) is 5.11 Å². The first-order valence-corrected chi connectivity index (χ1v) is 5.04. The van der Waals surface area contributed by atoms with Crippen molar-refractivity contribution in [1.82, 2.24) is 0 Å². The first-order valence-electron chi connectivity index (χ1n) is 4.03. The van der Waals surface area contributed by atoms with Crippen molar-refractivity contribution in [2.75, 3.05) is 12.9 Å². The number of phenols is 1. The molecule has 0 atom stereocenters. The van der Waals surface area contributed by atoms with E-state index in [1.54, 1.807) is 12.1 Å². The maximum absolute atomic E-state index is 9.45. The first kappa shape index (κ1) is 11.3. The highest BCUT2D eigenvalue weighted by Crippen LogP contribution is 2.35. The van der Waals surface area contributed by atoms with Gasteiger partial charge in [-0.3, -0.25) is 0 Å². The van der Waals surface area contributed by atoms with Crippen molar-refractivity contribution in [3.8, 4) is 11.5 Å². The summed E-state index contributed by atoms with van der Waals surface area (Å²) in [7, 11) is 1.48. The molecular weight excluding hydrogens is 220 g/mol. The number of hydrogen-bond donors (Lipinski definition) is 2. The Morgan fingerprint density at radius 2 is 2.29 bits per heavy atom. The number of halogens is 1. The molecule has 0 saturated heterocycles. The van der Waals surface area contributed by atoms with E-state index in [2.05, 4.69) is 12.6 Å². The molecule has 0 amide bonds. The van der Waals surface area contributed by atoms with E-state index in [1.807, 2.05) is 12.2 Å². The predicted molar refractivity (Wildman–Crippen MR) is 62.6 cm³/mol. The van der Waals surface area contributed by atoms with Crippen LogP contribution in [0.2, 0.25) is 5.02 Å². The summed E-state index contributed by atoms with van der Waals surface area (Å²) in [6, 6.07) is 3.38. The third-order valence-electron chi connectivity index (χ3n) is 1.69. The van der Waals surface area contributed by atoms with Crippen molar-refractivity contribution in [1.29, 1.82) is 0 Å². The third-order valence-corrected chi connectivity index (χ3v) is 2.19. The zero-order chi connectivity index (χ0) is 10.6. The highest BCUT2D eigenvalue weighted by molar-refractivity contribution is 7.80. The van der Waals surface area contributed by atoms with E-state index in [4.69, 9.17) is 16.3 Å². The van der Waals surface area contributed by atoms with Gasteiger partial charge in [0.25, 0.3) is 0 Å². The lowest BCUT2D eigenvalue weighted by atomic mass is 10.2. The topological polar surface area (TPSA) is 29.5 Å². The number of thiol groups is 1. The monoisotopic (exact) mass is 230 g/mol. The van der Waals surface area contributed by atoms with E-state index in [-0.39, 0.29) is 10.8 Å². The summed E-state index contributed by atoms with van der Waals surface area (Å²) in [5.41, 5.74) is 0.874. The number of methoxy groups -OCH3 is 1. The van der Waals surface area contributed by atoms with Crippen LogP contribution in [0.5, 0.6) is 11.5 Å². The maximum atomic E-state index is 9.45. The quantitative estimate of drug-likeness (QED) is 0.782. The second kappa shape index (κ2) is 5.17. The Morgan fingerprint density at radius 1 is 1.57 bits per heavy atom. The number of hydrogen-bond acceptors (Lipinski definition) is 3. The summed E-state index contributed by atoms with van der Waals surface area (Å²) in [6.45, 7) is 0. The summed E-state index contributed by atoms with van der Waals surface area (Å²) in [5, 5.41) is 9.73. The van der Waals surface area contributed by atoms with Crippen molar-refractivity contribution in [2.24, 2.45) is 0 Å². The van der Waals surface area contributed by atoms with Gasteiger partial charge in [-0.1, -0.05) is 23.8 Å². The molecule has 0 fully saturated rings. The van der Waals surface area contributed by atoms with Gasteiger partial charge in [0, 0.05) is 5.75 Å². The van der Waals surface area contributed by atoms with Gasteiger partial charge in [-0.05, 0) is 17.7 Å². The first-order chi connectivity index (χ1) is 6.69. The van der Waals surface area contributed by atoms with Crippen LogP contribution in [0, 0.1) is 0 Å². The van der Waals surface area contributed by atoms with Gasteiger partial charge >= 0.3 is 0 Å². The molecule has 0 aliphatic rings. The number of aromatic hydroxyl groups is 1. The lowest BCUT2D eigenvalue weighted by Crippen LogP contribution is -1.85. The molecule has 0 radical (unpaired) electrons. The minimum Gasteiger partial charge on any atom is -0.503 e. The molecule has 1 aromatic rings. The summed E-state index contributed by atoms with van der Waals surface area (Å²) < 4.78 is 4.96. The van der Waals surface area contributed by atoms with Crippen LogP contribution >= 0.6 is 24.2 Å². The lowest BCUT2D eigenvalue weighted by molar-refractivity contribution is 0.373. The molecule has 4 heteroatoms. The second-order valence-electron chi connectivity index (χ2n) is 2.64. The molecule has 1 rings (SSSR count). The molecule has 0 saturated carbocycles. The predicted octanol–water partition coefficient (Wildman–Crippen LogP) is 3.00. The van der Waals surface area contributed by atoms with Crippen LogP contribution < -0.4 is 4.74 Å². The molecule has 0 aliphatic carbocycles. The van der Waals surface area contributed by atoms with Crippen LogP contribution in [-0.4, -0.2) is 18.0 Å². The Kier molecular flexibility index (Phi) is 4.17. The summed E-state index contributed by atoms with van der Waals surface area (Å²) >= 11 is 9.84. The molecule has 14 heavy (non-hydrogen) atoms. The molecule has 1 aromatic carbocycles. The molecular formula is C10H11ClO2S. The van der Waals surface area contributed by atoms with Crippen LogP contribution in [0.15, 0.2) is 18.2 Å². The summed E-state index contributed by atoms with van der Waals surface area (Å²) in [5.74, 6) is 0.995. The van der Waals surface area contributed by atoms with Crippen LogP contribution in [0.4, 0.5) is 0 Å². The Balaban J connectivity index is 3.09. The zero-order valence-corrected chi connectivity index (χ0v) is 9.35. The van der Waals surface area contributed by atoms with Gasteiger partial charge in [0.2, 0.25) is 0 Å². The van der Waals surface area contributed by atoms with Gasteiger partial charge < -0.3 is 9.84 Å². The van der Waals surface area contributed by atoms with Crippen molar-refractivity contribution in [3.63, 3.8) is 0 Å². The van der Waals surface area contributed by atoms with Gasteiger partial charge in [-0.25, -0.2) is 0 Å². The zero-order valence-electron chi connectivity index (χ0n) is 7.70. The highest BCUT2D eigenvalue weighted by Gasteiger charge is 2.06. The number of phenolic OH excluding ortho intramolecular Hbond substituents is 1. The minimum absolute atomic E-state index is 0.0304. The molecule has 76 valence electrons. The number of rotatable bonds is 3.